The van der Waals surface area contributed by atoms with Gasteiger partial charge in [-0.15, -0.1) is 0 Å². The molecule has 4 aromatic rings. The van der Waals surface area contributed by atoms with Crippen LogP contribution in [0.4, 0.5) is 11.4 Å². The number of aliphatic carboxylic acids is 1. The third kappa shape index (κ3) is 7.33. The van der Waals surface area contributed by atoms with Gasteiger partial charge in [0.2, 0.25) is 0 Å². The van der Waals surface area contributed by atoms with Gasteiger partial charge in [0.25, 0.3) is 11.8 Å². The van der Waals surface area contributed by atoms with Crippen molar-refractivity contribution in [3.8, 4) is 11.1 Å². The van der Waals surface area contributed by atoms with Gasteiger partial charge in [-0.05, 0) is 93.2 Å². The summed E-state index contributed by atoms with van der Waals surface area (Å²) >= 11 is 13.9. The molecule has 2 bridgehead atoms. The first-order valence-electron chi connectivity index (χ1n) is 19.4. The monoisotopic (exact) mass is 799 g/mol. The third-order valence-electron chi connectivity index (χ3n) is 12.6. The van der Waals surface area contributed by atoms with E-state index in [0.29, 0.717) is 58.0 Å². The summed E-state index contributed by atoms with van der Waals surface area (Å²) < 4.78 is 1.86. The molecule has 8 rings (SSSR count). The highest BCUT2D eigenvalue weighted by atomic mass is 35.5. The minimum atomic E-state index is -0.631. The van der Waals surface area contributed by atoms with E-state index in [1.807, 2.05) is 23.7 Å². The number of β-amino-alcohol motifs (C(OH)–C–C–N with tert-alkyl or cyclic N) is 1. The first-order chi connectivity index (χ1) is 26.8. The quantitative estimate of drug-likeness (QED) is 0.128. The highest BCUT2D eigenvalue weighted by molar-refractivity contribution is 6.40. The van der Waals surface area contributed by atoms with E-state index < -0.39 is 17.5 Å². The predicted octanol–water partition coefficient (Wildman–Crippen LogP) is 6.82. The smallest absolute Gasteiger partial charge is 0.309 e. The molecule has 2 amide bonds. The van der Waals surface area contributed by atoms with Crippen LogP contribution in [0.15, 0.2) is 48.7 Å². The minimum absolute atomic E-state index is 0.130. The molecule has 0 saturated heterocycles. The van der Waals surface area contributed by atoms with Gasteiger partial charge < -0.3 is 25.4 Å². The Hall–Kier alpha value is -4.33. The van der Waals surface area contributed by atoms with Crippen molar-refractivity contribution in [1.82, 2.24) is 24.3 Å². The Morgan fingerprint density at radius 3 is 2.20 bits per heavy atom. The van der Waals surface area contributed by atoms with Gasteiger partial charge >= 0.3 is 5.97 Å². The third-order valence-corrected chi connectivity index (χ3v) is 13.5. The number of carbonyl (C=O) groups excluding carboxylic acids is 2. The van der Waals surface area contributed by atoms with Crippen molar-refractivity contribution in [2.75, 3.05) is 36.8 Å². The summed E-state index contributed by atoms with van der Waals surface area (Å²) in [5.41, 5.74) is 5.88. The summed E-state index contributed by atoms with van der Waals surface area (Å²) in [6.07, 6.45) is 8.18. The zero-order valence-electron chi connectivity index (χ0n) is 31.7. The number of nitrogens with zero attached hydrogens (tertiary/aromatic N) is 5. The first kappa shape index (κ1) is 38.5. The zero-order valence-corrected chi connectivity index (χ0v) is 33.2. The van der Waals surface area contributed by atoms with E-state index >= 15 is 0 Å². The molecule has 2 aliphatic carbocycles. The van der Waals surface area contributed by atoms with Crippen LogP contribution in [-0.2, 0) is 37.8 Å². The second-order valence-corrected chi connectivity index (χ2v) is 17.1. The number of hydrogen-bond donors (Lipinski definition) is 4. The van der Waals surface area contributed by atoms with Crippen molar-refractivity contribution in [3.05, 3.63) is 92.7 Å². The molecule has 0 radical (unpaired) electrons. The number of rotatable bonds is 11. The van der Waals surface area contributed by atoms with Gasteiger partial charge in [-0.3, -0.25) is 29.2 Å². The number of aromatic nitrogens is 3. The molecule has 1 atom stereocenters. The SMILES string of the molecule is C[C@@H](O)CN1CCc2cc(C(=O)Nc3cccc(-c4cccc(NC(=O)c5nc6c(n5C)CCN(CCC57CCC(C(=O)O)(CC5)C7)C6)c4Cl)c3Cl)ncc2C1. The fourth-order valence-corrected chi connectivity index (χ4v) is 10.1. The Bertz CT molecular complexity index is 2210. The maximum Gasteiger partial charge on any atom is 0.309 e. The topological polar surface area (TPSA) is 153 Å². The van der Waals surface area contributed by atoms with Crippen LogP contribution in [0.25, 0.3) is 11.1 Å². The molecule has 2 aliphatic heterocycles. The van der Waals surface area contributed by atoms with Crippen LogP contribution in [0.1, 0.15) is 89.1 Å². The summed E-state index contributed by atoms with van der Waals surface area (Å²) in [5.74, 6) is -1.10. The Kier molecular flexibility index (Phi) is 10.5. The average Bonchev–Trinajstić information content (AvgIpc) is 3.86. The maximum absolute atomic E-state index is 13.7. The van der Waals surface area contributed by atoms with E-state index in [2.05, 4.69) is 25.4 Å². The molecule has 4 N–H and O–H groups in total. The number of aliphatic hydroxyl groups is 1. The molecular weight excluding hydrogens is 753 g/mol. The molecule has 14 heteroatoms. The molecule has 2 saturated carbocycles. The Morgan fingerprint density at radius 2 is 1.55 bits per heavy atom. The lowest BCUT2D eigenvalue weighted by molar-refractivity contribution is -0.148. The van der Waals surface area contributed by atoms with Gasteiger partial charge in [0.15, 0.2) is 5.82 Å². The number of hydrogen-bond acceptors (Lipinski definition) is 8. The highest BCUT2D eigenvalue weighted by Gasteiger charge is 2.57. The van der Waals surface area contributed by atoms with E-state index in [-0.39, 0.29) is 22.9 Å². The van der Waals surface area contributed by atoms with Gasteiger partial charge in [-0.25, -0.2) is 4.98 Å². The largest absolute Gasteiger partial charge is 0.481 e. The Balaban J connectivity index is 0.927. The number of aliphatic hydroxyl groups excluding tert-OH is 1. The van der Waals surface area contributed by atoms with Gasteiger partial charge in [-0.2, -0.15) is 0 Å². The standard InChI is InChI=1S/C42H47Cl2N7O5/c1-25(52)21-51-16-9-26-19-32(45-20-27(26)22-51)38(53)47-30-7-3-5-28(35(30)43)29-6-4-8-31(36(29)44)48-39(54)37-46-33-23-50(17-10-34(33)49(37)2)18-15-41-11-13-42(24-41,14-12-41)40(55)56/h3-8,19-20,25,52H,9-18,21-24H2,1-2H3,(H,47,53)(H,48,54)(H,55,56)/t25-,41?,42?/m1/s1. The van der Waals surface area contributed by atoms with Crippen LogP contribution in [-0.4, -0.2) is 84.6 Å². The number of benzene rings is 2. The van der Waals surface area contributed by atoms with Crippen LogP contribution in [0.3, 0.4) is 0 Å². The molecule has 4 heterocycles. The average molecular weight is 801 g/mol. The molecule has 0 unspecified atom stereocenters. The van der Waals surface area contributed by atoms with Gasteiger partial charge in [0.1, 0.15) is 5.69 Å². The second-order valence-electron chi connectivity index (χ2n) is 16.3. The highest BCUT2D eigenvalue weighted by Crippen LogP contribution is 2.63. The Labute approximate surface area is 336 Å². The number of carboxylic acids is 1. The number of nitrogens with one attached hydrogen (secondary N) is 2. The molecule has 2 aromatic carbocycles. The summed E-state index contributed by atoms with van der Waals surface area (Å²) in [7, 11) is 1.86. The number of amides is 2. The summed E-state index contributed by atoms with van der Waals surface area (Å²) in [6.45, 7) is 6.21. The van der Waals surface area contributed by atoms with Gasteiger partial charge in [0.05, 0.1) is 38.6 Å². The minimum Gasteiger partial charge on any atom is -0.481 e. The van der Waals surface area contributed by atoms with E-state index in [0.717, 1.165) is 93.5 Å². The van der Waals surface area contributed by atoms with Crippen LogP contribution in [0.2, 0.25) is 10.0 Å². The number of fused-ring (bicyclic) bond motifs is 4. The number of carboxylic acid groups (broad SMARTS) is 1. The van der Waals surface area contributed by atoms with E-state index in [1.54, 1.807) is 43.5 Å². The van der Waals surface area contributed by atoms with E-state index in [4.69, 9.17) is 28.2 Å². The van der Waals surface area contributed by atoms with Crippen LogP contribution in [0, 0.1) is 10.8 Å². The summed E-state index contributed by atoms with van der Waals surface area (Å²) in [6, 6.07) is 12.4. The molecule has 0 spiro atoms. The van der Waals surface area contributed by atoms with Crippen molar-refractivity contribution in [3.63, 3.8) is 0 Å². The van der Waals surface area contributed by atoms with Crippen LogP contribution in [0.5, 0.6) is 0 Å². The van der Waals surface area contributed by atoms with E-state index in [1.165, 1.54) is 0 Å². The molecule has 294 valence electrons. The molecule has 4 aliphatic rings. The number of carbonyl (C=O) groups is 3. The van der Waals surface area contributed by atoms with Gasteiger partial charge in [0, 0.05) is 69.2 Å². The molecular formula is C42H47Cl2N7O5. The fourth-order valence-electron chi connectivity index (χ4n) is 9.52. The lowest BCUT2D eigenvalue weighted by Crippen LogP contribution is -2.35. The summed E-state index contributed by atoms with van der Waals surface area (Å²) in [5, 5.41) is 26.0. The number of imidazole rings is 1. The van der Waals surface area contributed by atoms with Crippen LogP contribution < -0.4 is 10.6 Å². The molecule has 56 heavy (non-hydrogen) atoms. The lowest BCUT2D eigenvalue weighted by atomic mass is 9.80. The Morgan fingerprint density at radius 1 is 0.893 bits per heavy atom. The number of anilines is 2. The lowest BCUT2D eigenvalue weighted by Gasteiger charge is -2.32. The fraction of sp³-hybridized carbons (Fsp3) is 0.452. The van der Waals surface area contributed by atoms with E-state index in [9.17, 15) is 24.6 Å². The number of halogens is 2. The van der Waals surface area contributed by atoms with Gasteiger partial charge in [-0.1, -0.05) is 47.5 Å². The van der Waals surface area contributed by atoms with Crippen LogP contribution >= 0.6 is 23.2 Å². The molecule has 12 nitrogen and oxygen atoms in total. The number of pyridine rings is 1. The maximum atomic E-state index is 13.7. The zero-order chi connectivity index (χ0) is 39.4. The molecule has 2 fully saturated rings. The second kappa shape index (κ2) is 15.2. The van der Waals surface area contributed by atoms with Crippen molar-refractivity contribution in [1.29, 1.82) is 0 Å². The predicted molar refractivity (Wildman–Crippen MR) is 215 cm³/mol. The van der Waals surface area contributed by atoms with Crippen molar-refractivity contribution in [2.45, 2.75) is 77.5 Å². The van der Waals surface area contributed by atoms with Crippen molar-refractivity contribution >= 4 is 52.4 Å². The summed E-state index contributed by atoms with van der Waals surface area (Å²) in [4.78, 5) is 52.8. The van der Waals surface area contributed by atoms with Crippen molar-refractivity contribution < 1.29 is 24.6 Å². The van der Waals surface area contributed by atoms with Crippen molar-refractivity contribution in [2.24, 2.45) is 17.9 Å². The normalized spacial score (nSPS) is 22.4. The molecule has 2 aromatic heterocycles. The first-order valence-corrected chi connectivity index (χ1v) is 20.2.